The lowest BCUT2D eigenvalue weighted by Crippen LogP contribution is -2.32. The molecule has 0 aliphatic carbocycles. The van der Waals surface area contributed by atoms with Gasteiger partial charge in [0, 0.05) is 12.6 Å². The van der Waals surface area contributed by atoms with Crippen molar-refractivity contribution in [3.8, 4) is 0 Å². The summed E-state index contributed by atoms with van der Waals surface area (Å²) >= 11 is 0. The first kappa shape index (κ1) is 22.9. The summed E-state index contributed by atoms with van der Waals surface area (Å²) < 4.78 is 0. The number of rotatable bonds is 9. The lowest BCUT2D eigenvalue weighted by Gasteiger charge is -2.06. The van der Waals surface area contributed by atoms with E-state index in [1.807, 2.05) is 0 Å². The first-order chi connectivity index (χ1) is 9.72. The molecule has 0 unspecified atom stereocenters. The number of nitrogens with zero attached hydrogens (tertiary/aromatic N) is 1. The molecule has 0 radical (unpaired) electrons. The lowest BCUT2D eigenvalue weighted by atomic mass is 10.1. The fraction of sp³-hybridized carbons (Fsp3) is 0.500. The number of nitrogens with one attached hydrogen (secondary N) is 2. The third-order valence-corrected chi connectivity index (χ3v) is 2.75. The molecule has 2 amide bonds. The van der Waals surface area contributed by atoms with Crippen molar-refractivity contribution in [2.45, 2.75) is 32.1 Å². The summed E-state index contributed by atoms with van der Waals surface area (Å²) in [4.78, 5) is 27.0. The normalized spacial score (nSPS) is 9.14. The van der Waals surface area contributed by atoms with E-state index in [4.69, 9.17) is 5.73 Å². The van der Waals surface area contributed by atoms with Gasteiger partial charge in [-0.05, 0) is 31.5 Å². The SMILES string of the molecule is Cl.Cl.NCCCCCCC(=O)NCC(=O)Nc1cccnc1. The summed E-state index contributed by atoms with van der Waals surface area (Å²) in [5.74, 6) is -0.353. The van der Waals surface area contributed by atoms with E-state index in [1.165, 1.54) is 0 Å². The number of amides is 2. The second-order valence-corrected chi connectivity index (χ2v) is 4.52. The predicted octanol–water partition coefficient (Wildman–Crippen LogP) is 1.89. The van der Waals surface area contributed by atoms with Crippen molar-refractivity contribution in [1.29, 1.82) is 0 Å². The van der Waals surface area contributed by atoms with Crippen molar-refractivity contribution < 1.29 is 9.59 Å². The Morgan fingerprint density at radius 3 is 2.45 bits per heavy atom. The van der Waals surface area contributed by atoms with Crippen LogP contribution in [0.25, 0.3) is 0 Å². The van der Waals surface area contributed by atoms with Crippen LogP contribution < -0.4 is 16.4 Å². The van der Waals surface area contributed by atoms with Crippen molar-refractivity contribution in [3.63, 3.8) is 0 Å². The highest BCUT2D eigenvalue weighted by molar-refractivity contribution is 5.94. The first-order valence-corrected chi connectivity index (χ1v) is 6.89. The Balaban J connectivity index is 0. The monoisotopic (exact) mass is 350 g/mol. The van der Waals surface area contributed by atoms with Gasteiger partial charge in [0.1, 0.15) is 0 Å². The highest BCUT2D eigenvalue weighted by Gasteiger charge is 2.05. The van der Waals surface area contributed by atoms with Crippen LogP contribution in [0.1, 0.15) is 32.1 Å². The molecule has 0 bridgehead atoms. The van der Waals surface area contributed by atoms with Crippen LogP contribution in [-0.4, -0.2) is 29.9 Å². The summed E-state index contributed by atoms with van der Waals surface area (Å²) in [5, 5.41) is 5.25. The van der Waals surface area contributed by atoms with Gasteiger partial charge in [-0.3, -0.25) is 14.6 Å². The second kappa shape index (κ2) is 14.6. The van der Waals surface area contributed by atoms with Crippen molar-refractivity contribution in [2.24, 2.45) is 5.73 Å². The van der Waals surface area contributed by atoms with Gasteiger partial charge in [-0.2, -0.15) is 0 Å². The molecule has 1 aromatic heterocycles. The van der Waals surface area contributed by atoms with E-state index in [9.17, 15) is 9.59 Å². The van der Waals surface area contributed by atoms with E-state index in [2.05, 4.69) is 15.6 Å². The molecule has 0 fully saturated rings. The van der Waals surface area contributed by atoms with Crippen LogP contribution in [0.2, 0.25) is 0 Å². The van der Waals surface area contributed by atoms with Crippen LogP contribution in [0.3, 0.4) is 0 Å². The number of anilines is 1. The summed E-state index contributed by atoms with van der Waals surface area (Å²) in [6.45, 7) is 0.678. The van der Waals surface area contributed by atoms with Gasteiger partial charge in [0.05, 0.1) is 18.4 Å². The number of pyridine rings is 1. The average molecular weight is 351 g/mol. The number of halogens is 2. The summed E-state index contributed by atoms with van der Waals surface area (Å²) in [6, 6.07) is 3.47. The maximum atomic E-state index is 11.6. The third-order valence-electron chi connectivity index (χ3n) is 2.75. The number of hydrogen-bond donors (Lipinski definition) is 3. The smallest absolute Gasteiger partial charge is 0.243 e. The minimum Gasteiger partial charge on any atom is -0.347 e. The Bertz CT molecular complexity index is 419. The first-order valence-electron chi connectivity index (χ1n) is 6.89. The zero-order valence-electron chi connectivity index (χ0n) is 12.4. The molecule has 126 valence electrons. The summed E-state index contributed by atoms with van der Waals surface area (Å²) in [6.07, 6.45) is 7.49. The molecule has 0 spiro atoms. The standard InChI is InChI=1S/C14H22N4O2.2ClH/c15-8-4-2-1-3-7-13(19)17-11-14(20)18-12-6-5-9-16-10-12;;/h5-6,9-10H,1-4,7-8,11,15H2,(H,17,19)(H,18,20);2*1H. The van der Waals surface area contributed by atoms with Crippen molar-refractivity contribution in [2.75, 3.05) is 18.4 Å². The van der Waals surface area contributed by atoms with Gasteiger partial charge in [-0.15, -0.1) is 24.8 Å². The lowest BCUT2D eigenvalue weighted by molar-refractivity contribution is -0.124. The van der Waals surface area contributed by atoms with E-state index in [-0.39, 0.29) is 43.2 Å². The molecule has 6 nitrogen and oxygen atoms in total. The zero-order valence-corrected chi connectivity index (χ0v) is 14.0. The number of carbonyl (C=O) groups excluding carboxylic acids is 2. The number of aromatic nitrogens is 1. The summed E-state index contributed by atoms with van der Waals surface area (Å²) in [7, 11) is 0. The Hall–Kier alpha value is -1.37. The molecule has 4 N–H and O–H groups in total. The number of unbranched alkanes of at least 4 members (excludes halogenated alkanes) is 3. The molecule has 1 aromatic rings. The van der Waals surface area contributed by atoms with Gasteiger partial charge in [-0.25, -0.2) is 0 Å². The molecule has 1 heterocycles. The highest BCUT2D eigenvalue weighted by atomic mass is 35.5. The molecule has 0 atom stereocenters. The van der Waals surface area contributed by atoms with Crippen LogP contribution >= 0.6 is 24.8 Å². The Morgan fingerprint density at radius 1 is 1.09 bits per heavy atom. The molecular formula is C14H24Cl2N4O2. The van der Waals surface area contributed by atoms with Gasteiger partial charge in [0.25, 0.3) is 0 Å². The fourth-order valence-corrected chi connectivity index (χ4v) is 1.69. The molecule has 0 aliphatic rings. The minimum atomic E-state index is -0.255. The fourth-order valence-electron chi connectivity index (χ4n) is 1.69. The van der Waals surface area contributed by atoms with Gasteiger partial charge < -0.3 is 16.4 Å². The molecule has 8 heteroatoms. The van der Waals surface area contributed by atoms with Crippen LogP contribution in [0, 0.1) is 0 Å². The van der Waals surface area contributed by atoms with Crippen LogP contribution in [-0.2, 0) is 9.59 Å². The number of carbonyl (C=O) groups is 2. The zero-order chi connectivity index (χ0) is 14.6. The molecule has 0 aliphatic heterocycles. The minimum absolute atomic E-state index is 0. The van der Waals surface area contributed by atoms with Crippen LogP contribution in [0.5, 0.6) is 0 Å². The van der Waals surface area contributed by atoms with Crippen molar-refractivity contribution >= 4 is 42.3 Å². The van der Waals surface area contributed by atoms with E-state index >= 15 is 0 Å². The van der Waals surface area contributed by atoms with Gasteiger partial charge in [0.15, 0.2) is 0 Å². The molecular weight excluding hydrogens is 327 g/mol. The van der Waals surface area contributed by atoms with Gasteiger partial charge >= 0.3 is 0 Å². The molecule has 1 rings (SSSR count). The molecule has 0 aromatic carbocycles. The molecule has 0 saturated carbocycles. The Kier molecular flexibility index (Phi) is 15.2. The molecule has 22 heavy (non-hydrogen) atoms. The highest BCUT2D eigenvalue weighted by Crippen LogP contribution is 2.03. The number of nitrogens with two attached hydrogens (primary N) is 1. The second-order valence-electron chi connectivity index (χ2n) is 4.52. The maximum absolute atomic E-state index is 11.6. The number of hydrogen-bond acceptors (Lipinski definition) is 4. The van der Waals surface area contributed by atoms with Crippen LogP contribution in [0.15, 0.2) is 24.5 Å². The Labute approximate surface area is 143 Å². The average Bonchev–Trinajstić information content (AvgIpc) is 2.46. The third kappa shape index (κ3) is 11.3. The van der Waals surface area contributed by atoms with Crippen LogP contribution in [0.4, 0.5) is 5.69 Å². The maximum Gasteiger partial charge on any atom is 0.243 e. The van der Waals surface area contributed by atoms with Crippen molar-refractivity contribution in [3.05, 3.63) is 24.5 Å². The summed E-state index contributed by atoms with van der Waals surface area (Å²) in [5.41, 5.74) is 6.01. The van der Waals surface area contributed by atoms with E-state index < -0.39 is 0 Å². The Morgan fingerprint density at radius 2 is 1.82 bits per heavy atom. The van der Waals surface area contributed by atoms with E-state index in [0.29, 0.717) is 18.7 Å². The predicted molar refractivity (Wildman–Crippen MR) is 92.5 cm³/mol. The molecule has 0 saturated heterocycles. The van der Waals surface area contributed by atoms with E-state index in [1.54, 1.807) is 24.5 Å². The topological polar surface area (TPSA) is 97.1 Å². The van der Waals surface area contributed by atoms with Gasteiger partial charge in [-0.1, -0.05) is 12.8 Å². The van der Waals surface area contributed by atoms with E-state index in [0.717, 1.165) is 25.7 Å². The largest absolute Gasteiger partial charge is 0.347 e. The van der Waals surface area contributed by atoms with Gasteiger partial charge in [0.2, 0.25) is 11.8 Å². The van der Waals surface area contributed by atoms with Crippen molar-refractivity contribution in [1.82, 2.24) is 10.3 Å². The quantitative estimate of drug-likeness (QED) is 0.592.